The molecule has 1 heterocycles. The first-order valence-electron chi connectivity index (χ1n) is 11.9. The molecule has 3 aromatic carbocycles. The van der Waals surface area contributed by atoms with Crippen molar-refractivity contribution < 1.29 is 42.1 Å². The number of anilines is 1. The van der Waals surface area contributed by atoms with Crippen LogP contribution in [0.5, 0.6) is 17.2 Å². The van der Waals surface area contributed by atoms with E-state index in [4.69, 9.17) is 9.47 Å². The summed E-state index contributed by atoms with van der Waals surface area (Å²) in [5, 5.41) is 11.4. The van der Waals surface area contributed by atoms with Gasteiger partial charge in [0.15, 0.2) is 0 Å². The Morgan fingerprint density at radius 1 is 0.923 bits per heavy atom. The smallest absolute Gasteiger partial charge is 0.507 e. The number of carbonyl (C=O) groups excluding carboxylic acids is 2. The number of alkyl halides is 3. The van der Waals surface area contributed by atoms with Gasteiger partial charge in [-0.3, -0.25) is 14.5 Å². The number of halogens is 3. The third-order valence-electron chi connectivity index (χ3n) is 6.33. The maximum absolute atomic E-state index is 13.4. The van der Waals surface area contributed by atoms with E-state index in [1.54, 1.807) is 42.5 Å². The monoisotopic (exact) mass is 541 g/mol. The van der Waals surface area contributed by atoms with Crippen molar-refractivity contribution in [2.45, 2.75) is 32.2 Å². The lowest BCUT2D eigenvalue weighted by molar-refractivity contribution is -0.274. The Morgan fingerprint density at radius 2 is 1.62 bits per heavy atom. The van der Waals surface area contributed by atoms with Crippen LogP contribution in [-0.4, -0.2) is 37.4 Å². The van der Waals surface area contributed by atoms with Gasteiger partial charge >= 0.3 is 6.36 Å². The SMILES string of the molecule is COc1cccc(C2/C(=C(/O)c3ccc(OC)c(C(C)C)c3)C(=O)C(=O)N2c2ccc(OC(F)(F)F)cc2)c1. The van der Waals surface area contributed by atoms with E-state index in [9.17, 15) is 27.9 Å². The number of carbonyl (C=O) groups is 2. The fourth-order valence-corrected chi connectivity index (χ4v) is 4.52. The molecule has 0 radical (unpaired) electrons. The average Bonchev–Trinajstić information content (AvgIpc) is 3.17. The second kappa shape index (κ2) is 10.7. The molecule has 7 nitrogen and oxygen atoms in total. The number of aliphatic hydroxyl groups excluding tert-OH is 1. The van der Waals surface area contributed by atoms with Gasteiger partial charge in [-0.1, -0.05) is 26.0 Å². The van der Waals surface area contributed by atoms with Gasteiger partial charge in [-0.2, -0.15) is 0 Å². The molecule has 10 heteroatoms. The Balaban J connectivity index is 1.89. The summed E-state index contributed by atoms with van der Waals surface area (Å²) in [7, 11) is 2.99. The molecular formula is C29H26F3NO6. The molecule has 1 amide bonds. The number of methoxy groups -OCH3 is 2. The molecule has 39 heavy (non-hydrogen) atoms. The molecule has 1 fully saturated rings. The lowest BCUT2D eigenvalue weighted by atomic mass is 9.93. The molecule has 1 unspecified atom stereocenters. The van der Waals surface area contributed by atoms with Gasteiger partial charge < -0.3 is 19.3 Å². The van der Waals surface area contributed by atoms with Crippen LogP contribution < -0.4 is 19.1 Å². The number of rotatable bonds is 7. The molecule has 0 saturated carbocycles. The van der Waals surface area contributed by atoms with Crippen molar-refractivity contribution in [1.82, 2.24) is 0 Å². The first-order valence-corrected chi connectivity index (χ1v) is 11.9. The van der Waals surface area contributed by atoms with Gasteiger partial charge in [-0.25, -0.2) is 0 Å². The van der Waals surface area contributed by atoms with Crippen LogP contribution >= 0.6 is 0 Å². The summed E-state index contributed by atoms with van der Waals surface area (Å²) in [4.78, 5) is 27.9. The van der Waals surface area contributed by atoms with Crippen LogP contribution in [0.15, 0.2) is 72.3 Å². The predicted molar refractivity (Wildman–Crippen MR) is 138 cm³/mol. The van der Waals surface area contributed by atoms with Gasteiger partial charge in [-0.15, -0.1) is 13.2 Å². The minimum Gasteiger partial charge on any atom is -0.507 e. The van der Waals surface area contributed by atoms with E-state index in [2.05, 4.69) is 4.74 Å². The number of aliphatic hydroxyl groups is 1. The van der Waals surface area contributed by atoms with Gasteiger partial charge in [0.1, 0.15) is 23.0 Å². The van der Waals surface area contributed by atoms with Crippen LogP contribution in [0, 0.1) is 0 Å². The minimum absolute atomic E-state index is 0.0294. The quantitative estimate of drug-likeness (QED) is 0.213. The molecule has 204 valence electrons. The number of ether oxygens (including phenoxy) is 3. The van der Waals surface area contributed by atoms with Crippen LogP contribution in [0.1, 0.15) is 42.5 Å². The summed E-state index contributed by atoms with van der Waals surface area (Å²) in [6, 6.07) is 15.0. The predicted octanol–water partition coefficient (Wildman–Crippen LogP) is 6.35. The van der Waals surface area contributed by atoms with Crippen molar-refractivity contribution in [2.24, 2.45) is 0 Å². The number of ketones is 1. The highest BCUT2D eigenvalue weighted by Crippen LogP contribution is 2.44. The topological polar surface area (TPSA) is 85.3 Å². The summed E-state index contributed by atoms with van der Waals surface area (Å²) >= 11 is 0. The second-order valence-corrected chi connectivity index (χ2v) is 9.10. The first-order chi connectivity index (χ1) is 18.4. The number of benzene rings is 3. The maximum atomic E-state index is 13.4. The number of Topliss-reactive ketones (excluding diaryl/α,β-unsaturated/α-hetero) is 1. The highest BCUT2D eigenvalue weighted by Gasteiger charge is 2.47. The van der Waals surface area contributed by atoms with E-state index in [1.165, 1.54) is 26.4 Å². The third-order valence-corrected chi connectivity index (χ3v) is 6.33. The Hall–Kier alpha value is -4.47. The van der Waals surface area contributed by atoms with Gasteiger partial charge in [0.2, 0.25) is 0 Å². The lowest BCUT2D eigenvalue weighted by Gasteiger charge is -2.26. The molecule has 0 spiro atoms. The molecule has 0 bridgehead atoms. The highest BCUT2D eigenvalue weighted by molar-refractivity contribution is 6.51. The average molecular weight is 542 g/mol. The molecule has 1 aliphatic heterocycles. The zero-order chi connectivity index (χ0) is 28.5. The molecule has 1 saturated heterocycles. The molecule has 3 aromatic rings. The number of hydrogen-bond donors (Lipinski definition) is 1. The van der Waals surface area contributed by atoms with E-state index in [0.29, 0.717) is 22.6 Å². The normalized spacial score (nSPS) is 17.0. The molecule has 4 rings (SSSR count). The van der Waals surface area contributed by atoms with Gasteiger partial charge in [0, 0.05) is 11.3 Å². The Labute approximate surface area is 223 Å². The summed E-state index contributed by atoms with van der Waals surface area (Å²) in [6.45, 7) is 3.89. The lowest BCUT2D eigenvalue weighted by Crippen LogP contribution is -2.29. The first kappa shape index (κ1) is 27.6. The summed E-state index contributed by atoms with van der Waals surface area (Å²) in [5.74, 6) is -1.71. The number of amides is 1. The van der Waals surface area contributed by atoms with Crippen molar-refractivity contribution >= 4 is 23.1 Å². The van der Waals surface area contributed by atoms with Gasteiger partial charge in [0.05, 0.1) is 25.8 Å². The minimum atomic E-state index is -4.89. The van der Waals surface area contributed by atoms with Crippen LogP contribution in [0.3, 0.4) is 0 Å². The summed E-state index contributed by atoms with van der Waals surface area (Å²) in [6.07, 6.45) is -4.89. The van der Waals surface area contributed by atoms with Crippen molar-refractivity contribution in [3.63, 3.8) is 0 Å². The summed E-state index contributed by atoms with van der Waals surface area (Å²) in [5.41, 5.74) is 1.50. The standard InChI is InChI=1S/C29H26F3NO6/c1-16(2)22-15-18(8-13-23(22)38-4)26(34)24-25(17-6-5-7-21(14-17)37-3)33(28(36)27(24)35)19-9-11-20(12-10-19)39-29(30,31)32/h5-16,25,34H,1-4H3/b26-24-. The van der Waals surface area contributed by atoms with Gasteiger partial charge in [-0.05, 0) is 71.6 Å². The van der Waals surface area contributed by atoms with Crippen LogP contribution in [-0.2, 0) is 9.59 Å². The Bertz CT molecular complexity index is 1430. The molecule has 1 N–H and O–H groups in total. The fourth-order valence-electron chi connectivity index (χ4n) is 4.52. The Kier molecular flexibility index (Phi) is 7.58. The largest absolute Gasteiger partial charge is 0.573 e. The molecule has 0 aromatic heterocycles. The van der Waals surface area contributed by atoms with E-state index >= 15 is 0 Å². The van der Waals surface area contributed by atoms with E-state index in [1.807, 2.05) is 13.8 Å². The number of nitrogens with zero attached hydrogens (tertiary/aromatic N) is 1. The van der Waals surface area contributed by atoms with Crippen LogP contribution in [0.2, 0.25) is 0 Å². The van der Waals surface area contributed by atoms with Crippen LogP contribution in [0.4, 0.5) is 18.9 Å². The zero-order valence-corrected chi connectivity index (χ0v) is 21.6. The molecule has 1 aliphatic rings. The fraction of sp³-hybridized carbons (Fsp3) is 0.241. The second-order valence-electron chi connectivity index (χ2n) is 9.10. The number of hydrogen-bond acceptors (Lipinski definition) is 6. The van der Waals surface area contributed by atoms with Crippen molar-refractivity contribution in [3.8, 4) is 17.2 Å². The summed E-state index contributed by atoms with van der Waals surface area (Å²) < 4.78 is 52.6. The Morgan fingerprint density at radius 3 is 2.21 bits per heavy atom. The molecule has 1 atom stereocenters. The van der Waals surface area contributed by atoms with Crippen LogP contribution in [0.25, 0.3) is 5.76 Å². The van der Waals surface area contributed by atoms with E-state index in [-0.39, 0.29) is 17.2 Å². The molecule has 0 aliphatic carbocycles. The molecular weight excluding hydrogens is 515 g/mol. The highest BCUT2D eigenvalue weighted by atomic mass is 19.4. The van der Waals surface area contributed by atoms with Crippen molar-refractivity contribution in [2.75, 3.05) is 19.1 Å². The third kappa shape index (κ3) is 5.55. The van der Waals surface area contributed by atoms with E-state index < -0.39 is 35.6 Å². The zero-order valence-electron chi connectivity index (χ0n) is 21.6. The van der Waals surface area contributed by atoms with Crippen molar-refractivity contribution in [3.05, 3.63) is 89.0 Å². The van der Waals surface area contributed by atoms with Crippen molar-refractivity contribution in [1.29, 1.82) is 0 Å². The maximum Gasteiger partial charge on any atom is 0.573 e. The van der Waals surface area contributed by atoms with E-state index in [0.717, 1.165) is 22.6 Å². The van der Waals surface area contributed by atoms with Gasteiger partial charge in [0.25, 0.3) is 11.7 Å².